The number of rotatable bonds is 6. The second-order valence-corrected chi connectivity index (χ2v) is 5.28. The summed E-state index contributed by atoms with van der Waals surface area (Å²) in [5, 5.41) is 0. The molecule has 0 bridgehead atoms. The lowest BCUT2D eigenvalue weighted by molar-refractivity contribution is 0.138. The number of methoxy groups -OCH3 is 1. The number of likely N-dealkylation sites (tertiary alicyclic amines) is 1. The van der Waals surface area contributed by atoms with Crippen LogP contribution in [0, 0.1) is 0 Å². The van der Waals surface area contributed by atoms with Gasteiger partial charge >= 0.3 is 0 Å². The first-order valence-electron chi connectivity index (χ1n) is 7.16. The maximum atomic E-state index is 5.74. The summed E-state index contributed by atoms with van der Waals surface area (Å²) in [6.07, 6.45) is 2.62. The van der Waals surface area contributed by atoms with Crippen molar-refractivity contribution in [2.45, 2.75) is 12.5 Å². The lowest BCUT2D eigenvalue weighted by Gasteiger charge is -2.36. The van der Waals surface area contributed by atoms with E-state index in [9.17, 15) is 0 Å². The van der Waals surface area contributed by atoms with Gasteiger partial charge in [-0.3, -0.25) is 0 Å². The van der Waals surface area contributed by atoms with Gasteiger partial charge < -0.3 is 20.1 Å². The van der Waals surface area contributed by atoms with Crippen LogP contribution in [0.25, 0.3) is 11.0 Å². The van der Waals surface area contributed by atoms with Crippen LogP contribution in [-0.4, -0.2) is 54.3 Å². The van der Waals surface area contributed by atoms with E-state index in [2.05, 4.69) is 14.9 Å². The van der Waals surface area contributed by atoms with Crippen LogP contribution in [0.1, 0.15) is 6.42 Å². The molecule has 0 radical (unpaired) electrons. The molecule has 0 saturated carbocycles. The minimum atomic E-state index is 0.354. The lowest BCUT2D eigenvalue weighted by atomic mass is 10.1. The van der Waals surface area contributed by atoms with Gasteiger partial charge in [0.2, 0.25) is 5.88 Å². The molecule has 1 aromatic carbocycles. The quantitative estimate of drug-likeness (QED) is 0.801. The predicted octanol–water partition coefficient (Wildman–Crippen LogP) is 1.05. The monoisotopic (exact) mass is 288 g/mol. The number of hydrogen-bond donors (Lipinski definition) is 1. The molecule has 1 aromatic heterocycles. The van der Waals surface area contributed by atoms with Crippen molar-refractivity contribution >= 4 is 11.0 Å². The molecule has 0 unspecified atom stereocenters. The third-order valence-corrected chi connectivity index (χ3v) is 3.58. The van der Waals surface area contributed by atoms with E-state index >= 15 is 0 Å². The number of nitrogens with two attached hydrogens (primary N) is 1. The van der Waals surface area contributed by atoms with Crippen molar-refractivity contribution in [1.29, 1.82) is 0 Å². The molecule has 1 aliphatic heterocycles. The van der Waals surface area contributed by atoms with Gasteiger partial charge in [-0.2, -0.15) is 0 Å². The van der Waals surface area contributed by atoms with Gasteiger partial charge in [0.05, 0.1) is 30.9 Å². The highest BCUT2D eigenvalue weighted by molar-refractivity contribution is 5.76. The number of hydrogen-bond acceptors (Lipinski definition) is 6. The molecule has 1 aliphatic rings. The summed E-state index contributed by atoms with van der Waals surface area (Å²) < 4.78 is 10.9. The number of ether oxygens (including phenoxy) is 2. The molecule has 1 saturated heterocycles. The third kappa shape index (κ3) is 3.40. The van der Waals surface area contributed by atoms with Crippen molar-refractivity contribution in [1.82, 2.24) is 14.9 Å². The van der Waals surface area contributed by atoms with Crippen LogP contribution >= 0.6 is 0 Å². The van der Waals surface area contributed by atoms with E-state index in [0.29, 0.717) is 18.5 Å². The Labute approximate surface area is 123 Å². The average Bonchev–Trinajstić information content (AvgIpc) is 2.48. The Morgan fingerprint density at radius 3 is 2.95 bits per heavy atom. The van der Waals surface area contributed by atoms with Crippen molar-refractivity contribution in [2.75, 3.05) is 33.4 Å². The van der Waals surface area contributed by atoms with E-state index in [1.807, 2.05) is 18.2 Å². The molecule has 3 rings (SSSR count). The van der Waals surface area contributed by atoms with Crippen LogP contribution in [-0.2, 0) is 0 Å². The Morgan fingerprint density at radius 2 is 2.19 bits per heavy atom. The Hall–Kier alpha value is -1.92. The van der Waals surface area contributed by atoms with Gasteiger partial charge in [0.1, 0.15) is 5.75 Å². The van der Waals surface area contributed by atoms with E-state index in [1.54, 1.807) is 13.3 Å². The maximum Gasteiger partial charge on any atom is 0.232 e. The first-order chi connectivity index (χ1) is 10.2. The van der Waals surface area contributed by atoms with E-state index in [-0.39, 0.29) is 0 Å². The van der Waals surface area contributed by atoms with Gasteiger partial charge in [-0.15, -0.1) is 0 Å². The minimum absolute atomic E-state index is 0.354. The fraction of sp³-hybridized carbons (Fsp3) is 0.467. The molecule has 6 nitrogen and oxygen atoms in total. The van der Waals surface area contributed by atoms with Crippen LogP contribution < -0.4 is 15.2 Å². The van der Waals surface area contributed by atoms with E-state index in [0.717, 1.165) is 42.8 Å². The summed E-state index contributed by atoms with van der Waals surface area (Å²) in [4.78, 5) is 11.1. The topological polar surface area (TPSA) is 73.5 Å². The predicted molar refractivity (Wildman–Crippen MR) is 80.6 cm³/mol. The summed E-state index contributed by atoms with van der Waals surface area (Å²) in [6.45, 7) is 3.64. The van der Waals surface area contributed by atoms with Gasteiger partial charge in [-0.1, -0.05) is 0 Å². The summed E-state index contributed by atoms with van der Waals surface area (Å²) in [5.74, 6) is 1.32. The first-order valence-corrected chi connectivity index (χ1v) is 7.16. The molecule has 1 fully saturated rings. The zero-order chi connectivity index (χ0) is 14.7. The first kappa shape index (κ1) is 14.0. The van der Waals surface area contributed by atoms with Gasteiger partial charge in [-0.05, 0) is 18.6 Å². The fourth-order valence-electron chi connectivity index (χ4n) is 2.43. The highest BCUT2D eigenvalue weighted by atomic mass is 16.5. The normalized spacial score (nSPS) is 15.9. The largest absolute Gasteiger partial charge is 0.497 e. The Bertz CT molecular complexity index is 614. The van der Waals surface area contributed by atoms with Crippen LogP contribution in [0.15, 0.2) is 24.4 Å². The molecule has 0 amide bonds. The van der Waals surface area contributed by atoms with Crippen molar-refractivity contribution in [3.63, 3.8) is 0 Å². The zero-order valence-corrected chi connectivity index (χ0v) is 12.2. The molecule has 21 heavy (non-hydrogen) atoms. The molecular weight excluding hydrogens is 268 g/mol. The Kier molecular flexibility index (Phi) is 4.17. The summed E-state index contributed by atoms with van der Waals surface area (Å²) in [5.41, 5.74) is 7.35. The summed E-state index contributed by atoms with van der Waals surface area (Å²) >= 11 is 0. The lowest BCUT2D eigenvalue weighted by Crippen LogP contribution is -2.55. The smallest absolute Gasteiger partial charge is 0.232 e. The van der Waals surface area contributed by atoms with E-state index in [4.69, 9.17) is 15.2 Å². The fourth-order valence-corrected chi connectivity index (χ4v) is 2.43. The molecular formula is C15H20N4O2. The number of benzene rings is 1. The molecule has 2 heterocycles. The van der Waals surface area contributed by atoms with E-state index < -0.39 is 0 Å². The summed E-state index contributed by atoms with van der Waals surface area (Å²) in [7, 11) is 1.64. The van der Waals surface area contributed by atoms with Gasteiger partial charge in [0.25, 0.3) is 0 Å². The third-order valence-electron chi connectivity index (χ3n) is 3.58. The Balaban J connectivity index is 1.54. The molecule has 0 atom stereocenters. The van der Waals surface area contributed by atoms with Crippen LogP contribution in [0.3, 0.4) is 0 Å². The average molecular weight is 288 g/mol. The molecule has 112 valence electrons. The van der Waals surface area contributed by atoms with Crippen molar-refractivity contribution < 1.29 is 9.47 Å². The second-order valence-electron chi connectivity index (χ2n) is 5.28. The maximum absolute atomic E-state index is 5.74. The number of fused-ring (bicyclic) bond motifs is 1. The van der Waals surface area contributed by atoms with Crippen LogP contribution in [0.2, 0.25) is 0 Å². The summed E-state index contributed by atoms with van der Waals surface area (Å²) in [6, 6.07) is 5.97. The standard InChI is InChI=1S/C15H20N4O2/c1-20-12-3-4-13-14(7-12)18-15(8-17-13)21-6-2-5-19-9-11(16)10-19/h3-4,7-8,11H,2,5-6,9-10,16H2,1H3. The van der Waals surface area contributed by atoms with Gasteiger partial charge in [-0.25, -0.2) is 9.97 Å². The minimum Gasteiger partial charge on any atom is -0.497 e. The molecule has 0 aliphatic carbocycles. The molecule has 6 heteroatoms. The number of nitrogens with zero attached hydrogens (tertiary/aromatic N) is 3. The van der Waals surface area contributed by atoms with Crippen molar-refractivity contribution in [2.24, 2.45) is 5.73 Å². The van der Waals surface area contributed by atoms with Crippen molar-refractivity contribution in [3.05, 3.63) is 24.4 Å². The highest BCUT2D eigenvalue weighted by Gasteiger charge is 2.21. The Morgan fingerprint density at radius 1 is 1.33 bits per heavy atom. The highest BCUT2D eigenvalue weighted by Crippen LogP contribution is 2.19. The van der Waals surface area contributed by atoms with Crippen LogP contribution in [0.4, 0.5) is 0 Å². The molecule has 2 N–H and O–H groups in total. The zero-order valence-electron chi connectivity index (χ0n) is 12.2. The SMILES string of the molecule is COc1ccc2ncc(OCCCN3CC(N)C3)nc2c1. The van der Waals surface area contributed by atoms with Gasteiger partial charge in [0.15, 0.2) is 0 Å². The number of aromatic nitrogens is 2. The van der Waals surface area contributed by atoms with Gasteiger partial charge in [0, 0.05) is 31.7 Å². The van der Waals surface area contributed by atoms with Crippen LogP contribution in [0.5, 0.6) is 11.6 Å². The second kappa shape index (κ2) is 6.24. The van der Waals surface area contributed by atoms with Crippen molar-refractivity contribution in [3.8, 4) is 11.6 Å². The van der Waals surface area contributed by atoms with E-state index in [1.165, 1.54) is 0 Å². The molecule has 0 spiro atoms. The molecule has 2 aromatic rings.